The molecule has 0 radical (unpaired) electrons. The van der Waals surface area contributed by atoms with Gasteiger partial charge in [0, 0.05) is 48.8 Å². The summed E-state index contributed by atoms with van der Waals surface area (Å²) in [6.45, 7) is 4.34. The van der Waals surface area contributed by atoms with Crippen molar-refractivity contribution in [3.8, 4) is 0 Å². The molecule has 0 atom stereocenters. The van der Waals surface area contributed by atoms with Crippen molar-refractivity contribution in [2.45, 2.75) is 32.7 Å². The van der Waals surface area contributed by atoms with E-state index in [0.717, 1.165) is 43.9 Å². The lowest BCUT2D eigenvalue weighted by atomic mass is 10.1. The topological polar surface area (TPSA) is 67.2 Å². The molecule has 6 nitrogen and oxygen atoms in total. The predicted molar refractivity (Wildman–Crippen MR) is 117 cm³/mol. The summed E-state index contributed by atoms with van der Waals surface area (Å²) in [5.41, 5.74) is 3.03. The largest absolute Gasteiger partial charge is 0.339 e. The fourth-order valence-corrected chi connectivity index (χ4v) is 3.71. The molecule has 6 heteroatoms. The molecule has 154 valence electrons. The van der Waals surface area contributed by atoms with Crippen LogP contribution in [0.1, 0.15) is 51.4 Å². The van der Waals surface area contributed by atoms with Gasteiger partial charge in [0.2, 0.25) is 0 Å². The van der Waals surface area contributed by atoms with E-state index >= 15 is 0 Å². The van der Waals surface area contributed by atoms with Crippen molar-refractivity contribution < 1.29 is 9.59 Å². The molecule has 1 saturated heterocycles. The smallest absolute Gasteiger partial charge is 0.255 e. The summed E-state index contributed by atoms with van der Waals surface area (Å²) in [5, 5.41) is 2.90. The van der Waals surface area contributed by atoms with E-state index < -0.39 is 0 Å². The Hall–Kier alpha value is -3.41. The van der Waals surface area contributed by atoms with E-state index in [1.165, 1.54) is 6.42 Å². The maximum atomic E-state index is 12.6. The van der Waals surface area contributed by atoms with Crippen LogP contribution in [0.5, 0.6) is 0 Å². The van der Waals surface area contributed by atoms with Crippen LogP contribution in [0.25, 0.3) is 0 Å². The number of rotatable bonds is 5. The number of benzene rings is 2. The monoisotopic (exact) mass is 402 g/mol. The zero-order valence-electron chi connectivity index (χ0n) is 17.2. The van der Waals surface area contributed by atoms with E-state index in [4.69, 9.17) is 0 Å². The van der Waals surface area contributed by atoms with Crippen molar-refractivity contribution in [1.82, 2.24) is 14.5 Å². The minimum Gasteiger partial charge on any atom is -0.339 e. The van der Waals surface area contributed by atoms with Crippen LogP contribution in [0.2, 0.25) is 0 Å². The van der Waals surface area contributed by atoms with Gasteiger partial charge in [-0.3, -0.25) is 9.59 Å². The number of aromatic nitrogens is 2. The van der Waals surface area contributed by atoms with Gasteiger partial charge in [-0.15, -0.1) is 0 Å². The highest BCUT2D eigenvalue weighted by Crippen LogP contribution is 2.16. The third-order valence-corrected chi connectivity index (χ3v) is 5.53. The Morgan fingerprint density at radius 2 is 1.60 bits per heavy atom. The molecule has 1 fully saturated rings. The van der Waals surface area contributed by atoms with Crippen molar-refractivity contribution in [2.24, 2.45) is 0 Å². The van der Waals surface area contributed by atoms with Gasteiger partial charge in [0.15, 0.2) is 0 Å². The van der Waals surface area contributed by atoms with Crippen LogP contribution in [-0.2, 0) is 6.54 Å². The maximum Gasteiger partial charge on any atom is 0.255 e. The average molecular weight is 402 g/mol. The Morgan fingerprint density at radius 3 is 2.23 bits per heavy atom. The van der Waals surface area contributed by atoms with E-state index in [0.29, 0.717) is 16.8 Å². The highest BCUT2D eigenvalue weighted by molar-refractivity contribution is 6.04. The molecule has 1 N–H and O–H groups in total. The lowest BCUT2D eigenvalue weighted by Crippen LogP contribution is -2.35. The van der Waals surface area contributed by atoms with Gasteiger partial charge in [-0.25, -0.2) is 4.98 Å². The summed E-state index contributed by atoms with van der Waals surface area (Å²) in [4.78, 5) is 31.2. The van der Waals surface area contributed by atoms with Crippen LogP contribution < -0.4 is 5.32 Å². The highest BCUT2D eigenvalue weighted by atomic mass is 16.2. The normalized spacial score (nSPS) is 13.8. The summed E-state index contributed by atoms with van der Waals surface area (Å²) in [6, 6.07) is 14.7. The number of carbonyl (C=O) groups excluding carboxylic acids is 2. The molecular weight excluding hydrogens is 376 g/mol. The molecule has 1 aliphatic rings. The minimum atomic E-state index is -0.171. The van der Waals surface area contributed by atoms with Crippen molar-refractivity contribution in [3.63, 3.8) is 0 Å². The first-order valence-corrected chi connectivity index (χ1v) is 10.4. The molecule has 2 heterocycles. The van der Waals surface area contributed by atoms with Gasteiger partial charge in [0.05, 0.1) is 0 Å². The molecule has 1 aromatic heterocycles. The van der Waals surface area contributed by atoms with E-state index in [1.54, 1.807) is 30.5 Å². The lowest BCUT2D eigenvalue weighted by Gasteiger charge is -2.26. The molecule has 0 aliphatic carbocycles. The summed E-state index contributed by atoms with van der Waals surface area (Å²) in [6.07, 6.45) is 7.05. The van der Waals surface area contributed by atoms with Gasteiger partial charge in [-0.05, 0) is 68.1 Å². The summed E-state index contributed by atoms with van der Waals surface area (Å²) < 4.78 is 2.06. The SMILES string of the molecule is Cc1nccn1Cc1ccc(C(=O)Nc2ccc(C(=O)N3CCCCC3)cc2)cc1. The second kappa shape index (κ2) is 8.95. The number of anilines is 1. The Morgan fingerprint density at radius 1 is 0.933 bits per heavy atom. The Labute approximate surface area is 176 Å². The Kier molecular flexibility index (Phi) is 5.93. The molecule has 2 aromatic carbocycles. The number of amides is 2. The number of aryl methyl sites for hydroxylation is 1. The highest BCUT2D eigenvalue weighted by Gasteiger charge is 2.18. The molecule has 4 rings (SSSR count). The second-order valence-electron chi connectivity index (χ2n) is 7.68. The van der Waals surface area contributed by atoms with Gasteiger partial charge in [-0.1, -0.05) is 12.1 Å². The van der Waals surface area contributed by atoms with Crippen LogP contribution in [0, 0.1) is 6.92 Å². The molecule has 1 aliphatic heterocycles. The standard InChI is InChI=1S/C24H26N4O2/c1-18-25-13-16-28(18)17-19-5-7-20(8-6-19)23(29)26-22-11-9-21(10-12-22)24(30)27-14-3-2-4-15-27/h5-13,16H,2-4,14-15,17H2,1H3,(H,26,29). The van der Waals surface area contributed by atoms with Crippen molar-refractivity contribution in [3.05, 3.63) is 83.4 Å². The van der Waals surface area contributed by atoms with Gasteiger partial charge in [0.25, 0.3) is 11.8 Å². The van der Waals surface area contributed by atoms with Crippen LogP contribution in [0.15, 0.2) is 60.9 Å². The molecular formula is C24H26N4O2. The molecule has 0 spiro atoms. The van der Waals surface area contributed by atoms with Gasteiger partial charge >= 0.3 is 0 Å². The third-order valence-electron chi connectivity index (χ3n) is 5.53. The van der Waals surface area contributed by atoms with Crippen molar-refractivity contribution >= 4 is 17.5 Å². The van der Waals surface area contributed by atoms with Crippen LogP contribution in [0.4, 0.5) is 5.69 Å². The van der Waals surface area contributed by atoms with Gasteiger partial charge < -0.3 is 14.8 Å². The van der Waals surface area contributed by atoms with E-state index in [1.807, 2.05) is 42.3 Å². The molecule has 0 unspecified atom stereocenters. The molecule has 0 bridgehead atoms. The number of piperidine rings is 1. The maximum absolute atomic E-state index is 12.6. The van der Waals surface area contributed by atoms with E-state index in [9.17, 15) is 9.59 Å². The minimum absolute atomic E-state index is 0.0660. The van der Waals surface area contributed by atoms with E-state index in [-0.39, 0.29) is 11.8 Å². The first kappa shape index (κ1) is 19.9. The van der Waals surface area contributed by atoms with Gasteiger partial charge in [-0.2, -0.15) is 0 Å². The number of carbonyl (C=O) groups is 2. The van der Waals surface area contributed by atoms with Crippen LogP contribution >= 0.6 is 0 Å². The lowest BCUT2D eigenvalue weighted by molar-refractivity contribution is 0.0724. The number of likely N-dealkylation sites (tertiary alicyclic amines) is 1. The molecule has 3 aromatic rings. The first-order valence-electron chi connectivity index (χ1n) is 10.4. The number of nitrogens with one attached hydrogen (secondary N) is 1. The number of hydrogen-bond donors (Lipinski definition) is 1. The number of hydrogen-bond acceptors (Lipinski definition) is 3. The van der Waals surface area contributed by atoms with Crippen molar-refractivity contribution in [2.75, 3.05) is 18.4 Å². The van der Waals surface area contributed by atoms with Crippen LogP contribution in [-0.4, -0.2) is 39.4 Å². The number of imidazole rings is 1. The van der Waals surface area contributed by atoms with E-state index in [2.05, 4.69) is 14.9 Å². The van der Waals surface area contributed by atoms with Crippen LogP contribution in [0.3, 0.4) is 0 Å². The Balaban J connectivity index is 1.36. The summed E-state index contributed by atoms with van der Waals surface area (Å²) >= 11 is 0. The average Bonchev–Trinajstić information content (AvgIpc) is 3.19. The summed E-state index contributed by atoms with van der Waals surface area (Å²) in [7, 11) is 0. The predicted octanol–water partition coefficient (Wildman–Crippen LogP) is 4.12. The molecule has 30 heavy (non-hydrogen) atoms. The quantitative estimate of drug-likeness (QED) is 0.698. The summed E-state index contributed by atoms with van der Waals surface area (Å²) in [5.74, 6) is 0.853. The number of nitrogens with zero attached hydrogens (tertiary/aromatic N) is 3. The van der Waals surface area contributed by atoms with Crippen molar-refractivity contribution in [1.29, 1.82) is 0 Å². The molecule has 2 amide bonds. The zero-order valence-corrected chi connectivity index (χ0v) is 17.2. The second-order valence-corrected chi connectivity index (χ2v) is 7.68. The Bertz CT molecular complexity index is 1020. The first-order chi connectivity index (χ1) is 14.6. The van der Waals surface area contributed by atoms with Gasteiger partial charge in [0.1, 0.15) is 5.82 Å². The molecule has 0 saturated carbocycles. The fourth-order valence-electron chi connectivity index (χ4n) is 3.71. The zero-order chi connectivity index (χ0) is 20.9. The fraction of sp³-hybridized carbons (Fsp3) is 0.292. The third kappa shape index (κ3) is 4.59.